The fourth-order valence-electron chi connectivity index (χ4n) is 1.31. The Labute approximate surface area is 88.0 Å². The summed E-state index contributed by atoms with van der Waals surface area (Å²) < 4.78 is 1.64. The lowest BCUT2D eigenvalue weighted by atomic mass is 10.1. The second-order valence-corrected chi connectivity index (χ2v) is 3.60. The molecule has 1 aromatic heterocycles. The van der Waals surface area contributed by atoms with Gasteiger partial charge in [-0.1, -0.05) is 11.6 Å². The van der Waals surface area contributed by atoms with Gasteiger partial charge in [-0.25, -0.2) is 0 Å². The van der Waals surface area contributed by atoms with Crippen molar-refractivity contribution in [1.82, 2.24) is 9.78 Å². The first-order valence-corrected chi connectivity index (χ1v) is 4.83. The largest absolute Gasteiger partial charge is 0.330 e. The molecule has 0 spiro atoms. The smallest absolute Gasteiger partial charge is 0.140 e. The lowest BCUT2D eigenvalue weighted by Crippen LogP contribution is -2.12. The van der Waals surface area contributed by atoms with Crippen molar-refractivity contribution >= 4 is 17.4 Å². The van der Waals surface area contributed by atoms with Crippen molar-refractivity contribution in [3.63, 3.8) is 0 Å². The number of nitrogens with zero attached hydrogens (tertiary/aromatic N) is 2. The van der Waals surface area contributed by atoms with E-state index in [1.165, 1.54) is 0 Å². The highest BCUT2D eigenvalue weighted by molar-refractivity contribution is 6.32. The van der Waals surface area contributed by atoms with Crippen LogP contribution in [-0.4, -0.2) is 22.1 Å². The van der Waals surface area contributed by atoms with Gasteiger partial charge < -0.3 is 5.73 Å². The number of halogens is 1. The summed E-state index contributed by atoms with van der Waals surface area (Å²) >= 11 is 5.99. The SMILES string of the molecule is Cc1nn(C)c(CC(=O)CCN)c1Cl. The zero-order valence-electron chi connectivity index (χ0n) is 8.38. The molecular weight excluding hydrogens is 202 g/mol. The molecule has 0 unspecified atom stereocenters. The minimum atomic E-state index is 0.0948. The molecule has 0 saturated heterocycles. The Hall–Kier alpha value is -0.870. The molecule has 78 valence electrons. The highest BCUT2D eigenvalue weighted by atomic mass is 35.5. The molecule has 0 aliphatic heterocycles. The minimum absolute atomic E-state index is 0.0948. The predicted octanol–water partition coefficient (Wildman–Crippen LogP) is 0.842. The van der Waals surface area contributed by atoms with Gasteiger partial charge >= 0.3 is 0 Å². The van der Waals surface area contributed by atoms with Gasteiger partial charge in [-0.2, -0.15) is 5.10 Å². The molecule has 0 aliphatic rings. The van der Waals surface area contributed by atoms with Crippen LogP contribution in [0.4, 0.5) is 0 Å². The third kappa shape index (κ3) is 2.33. The van der Waals surface area contributed by atoms with E-state index in [1.54, 1.807) is 11.7 Å². The Morgan fingerprint density at radius 2 is 2.29 bits per heavy atom. The summed E-state index contributed by atoms with van der Waals surface area (Å²) in [6.45, 7) is 2.20. The first-order valence-electron chi connectivity index (χ1n) is 4.46. The molecule has 0 saturated carbocycles. The fourth-order valence-corrected chi connectivity index (χ4v) is 1.54. The predicted molar refractivity (Wildman–Crippen MR) is 55.3 cm³/mol. The molecule has 0 bridgehead atoms. The Morgan fingerprint density at radius 3 is 2.71 bits per heavy atom. The highest BCUT2D eigenvalue weighted by Gasteiger charge is 2.13. The molecule has 14 heavy (non-hydrogen) atoms. The van der Waals surface area contributed by atoms with Crippen LogP contribution in [0.3, 0.4) is 0 Å². The number of hydrogen-bond donors (Lipinski definition) is 1. The zero-order valence-corrected chi connectivity index (χ0v) is 9.14. The van der Waals surface area contributed by atoms with Crippen LogP contribution in [0.2, 0.25) is 5.02 Å². The van der Waals surface area contributed by atoms with Gasteiger partial charge in [0.2, 0.25) is 0 Å². The first kappa shape index (κ1) is 11.2. The van der Waals surface area contributed by atoms with Crippen LogP contribution in [0, 0.1) is 6.92 Å². The normalized spacial score (nSPS) is 10.6. The molecule has 0 amide bonds. The molecule has 2 N–H and O–H groups in total. The van der Waals surface area contributed by atoms with E-state index in [2.05, 4.69) is 5.10 Å². The Kier molecular flexibility index (Phi) is 3.66. The Bertz CT molecular complexity index is 346. The monoisotopic (exact) mass is 215 g/mol. The van der Waals surface area contributed by atoms with E-state index in [4.69, 9.17) is 17.3 Å². The van der Waals surface area contributed by atoms with Crippen molar-refractivity contribution in [3.05, 3.63) is 16.4 Å². The van der Waals surface area contributed by atoms with Crippen molar-refractivity contribution in [2.45, 2.75) is 19.8 Å². The average molecular weight is 216 g/mol. The van der Waals surface area contributed by atoms with E-state index in [9.17, 15) is 4.79 Å². The van der Waals surface area contributed by atoms with E-state index >= 15 is 0 Å². The summed E-state index contributed by atoms with van der Waals surface area (Å²) in [5.74, 6) is 0.0948. The lowest BCUT2D eigenvalue weighted by Gasteiger charge is -2.00. The van der Waals surface area contributed by atoms with Gasteiger partial charge in [0.1, 0.15) is 5.78 Å². The summed E-state index contributed by atoms with van der Waals surface area (Å²) in [6.07, 6.45) is 0.702. The lowest BCUT2D eigenvalue weighted by molar-refractivity contribution is -0.118. The van der Waals surface area contributed by atoms with E-state index in [-0.39, 0.29) is 5.78 Å². The number of nitrogens with two attached hydrogens (primary N) is 1. The standard InChI is InChI=1S/C9H14ClN3O/c1-6-9(10)8(13(2)12-6)5-7(14)3-4-11/h3-5,11H2,1-2H3. The first-order chi connectivity index (χ1) is 6.56. The zero-order chi connectivity index (χ0) is 10.7. The second kappa shape index (κ2) is 4.57. The molecule has 0 fully saturated rings. The molecule has 0 aromatic carbocycles. The molecule has 1 aromatic rings. The van der Waals surface area contributed by atoms with E-state index in [1.807, 2.05) is 6.92 Å². The second-order valence-electron chi connectivity index (χ2n) is 3.22. The number of aryl methyl sites for hydroxylation is 2. The van der Waals surface area contributed by atoms with Crippen LogP contribution in [0.25, 0.3) is 0 Å². The van der Waals surface area contributed by atoms with E-state index < -0.39 is 0 Å². The van der Waals surface area contributed by atoms with E-state index in [0.29, 0.717) is 24.4 Å². The summed E-state index contributed by atoms with van der Waals surface area (Å²) in [6, 6.07) is 0. The third-order valence-corrected chi connectivity index (χ3v) is 2.54. The molecule has 4 nitrogen and oxygen atoms in total. The summed E-state index contributed by atoms with van der Waals surface area (Å²) in [4.78, 5) is 11.3. The highest BCUT2D eigenvalue weighted by Crippen LogP contribution is 2.20. The maximum atomic E-state index is 11.3. The number of Topliss-reactive ketones (excluding diaryl/α,β-unsaturated/α-hetero) is 1. The molecule has 1 heterocycles. The molecule has 5 heteroatoms. The van der Waals surface area contributed by atoms with Crippen LogP contribution in [0.5, 0.6) is 0 Å². The maximum absolute atomic E-state index is 11.3. The van der Waals surface area contributed by atoms with Crippen molar-refractivity contribution in [2.24, 2.45) is 12.8 Å². The van der Waals surface area contributed by atoms with Crippen LogP contribution < -0.4 is 5.73 Å². The third-order valence-electron chi connectivity index (χ3n) is 2.05. The van der Waals surface area contributed by atoms with Crippen molar-refractivity contribution in [3.8, 4) is 0 Å². The molecule has 0 aliphatic carbocycles. The Balaban J connectivity index is 2.81. The van der Waals surface area contributed by atoms with Gasteiger partial charge in [0.05, 0.1) is 16.4 Å². The molecular formula is C9H14ClN3O. The minimum Gasteiger partial charge on any atom is -0.330 e. The van der Waals surface area contributed by atoms with Crippen LogP contribution >= 0.6 is 11.6 Å². The van der Waals surface area contributed by atoms with Crippen molar-refractivity contribution in [1.29, 1.82) is 0 Å². The maximum Gasteiger partial charge on any atom is 0.140 e. The molecule has 0 radical (unpaired) electrons. The van der Waals surface area contributed by atoms with E-state index in [0.717, 1.165) is 11.4 Å². The fraction of sp³-hybridized carbons (Fsp3) is 0.556. The average Bonchev–Trinajstić information content (AvgIpc) is 2.33. The molecule has 1 rings (SSSR count). The number of aromatic nitrogens is 2. The summed E-state index contributed by atoms with van der Waals surface area (Å²) in [5, 5.41) is 4.71. The molecule has 0 atom stereocenters. The number of carbonyl (C=O) groups excluding carboxylic acids is 1. The van der Waals surface area contributed by atoms with Gasteiger partial charge in [0.25, 0.3) is 0 Å². The topological polar surface area (TPSA) is 60.9 Å². The van der Waals surface area contributed by atoms with Gasteiger partial charge in [0.15, 0.2) is 0 Å². The van der Waals surface area contributed by atoms with Crippen LogP contribution in [0.1, 0.15) is 17.8 Å². The summed E-state index contributed by atoms with van der Waals surface area (Å²) in [5.41, 5.74) is 6.81. The van der Waals surface area contributed by atoms with Gasteiger partial charge in [-0.3, -0.25) is 9.48 Å². The number of ketones is 1. The number of carbonyl (C=O) groups is 1. The number of hydrogen-bond acceptors (Lipinski definition) is 3. The van der Waals surface area contributed by atoms with Crippen molar-refractivity contribution < 1.29 is 4.79 Å². The van der Waals surface area contributed by atoms with Crippen LogP contribution in [0.15, 0.2) is 0 Å². The van der Waals surface area contributed by atoms with Crippen LogP contribution in [-0.2, 0) is 18.3 Å². The van der Waals surface area contributed by atoms with Crippen molar-refractivity contribution in [2.75, 3.05) is 6.54 Å². The quantitative estimate of drug-likeness (QED) is 0.810. The Morgan fingerprint density at radius 1 is 1.64 bits per heavy atom. The van der Waals surface area contributed by atoms with Gasteiger partial charge in [-0.05, 0) is 13.5 Å². The van der Waals surface area contributed by atoms with Gasteiger partial charge in [0, 0.05) is 19.9 Å². The number of rotatable bonds is 4. The van der Waals surface area contributed by atoms with Gasteiger partial charge in [-0.15, -0.1) is 0 Å². The summed E-state index contributed by atoms with van der Waals surface area (Å²) in [7, 11) is 1.78.